The molecule has 0 bridgehead atoms. The molecular weight excluding hydrogens is 346 g/mol. The molecule has 3 N–H and O–H groups in total. The molecule has 1 aliphatic rings. The van der Waals surface area contributed by atoms with Gasteiger partial charge in [0, 0.05) is 6.20 Å². The van der Waals surface area contributed by atoms with Gasteiger partial charge in [0.15, 0.2) is 23.0 Å². The maximum atomic E-state index is 11.0. The van der Waals surface area contributed by atoms with Crippen LogP contribution in [-0.2, 0) is 14.3 Å². The maximum Gasteiger partial charge on any atom is 0.168 e. The Hall–Kier alpha value is -2.73. The van der Waals surface area contributed by atoms with Crippen molar-refractivity contribution in [1.29, 1.82) is 0 Å². The molecule has 0 radical (unpaired) electrons. The van der Waals surface area contributed by atoms with E-state index in [0.717, 1.165) is 0 Å². The van der Waals surface area contributed by atoms with Crippen LogP contribution in [0.25, 0.3) is 16.8 Å². The zero-order valence-electron chi connectivity index (χ0n) is 13.3. The lowest BCUT2D eigenvalue weighted by Gasteiger charge is -2.16. The minimum absolute atomic E-state index is 0.270. The van der Waals surface area contributed by atoms with E-state index >= 15 is 0 Å². The van der Waals surface area contributed by atoms with E-state index in [-0.39, 0.29) is 5.69 Å². The molecule has 1 fully saturated rings. The van der Waals surface area contributed by atoms with Crippen LogP contribution >= 0.6 is 0 Å². The van der Waals surface area contributed by atoms with Crippen LogP contribution < -0.4 is 0 Å². The monoisotopic (exact) mass is 361 g/mol. The third kappa shape index (κ3) is 2.33. The van der Waals surface area contributed by atoms with Gasteiger partial charge in [-0.25, -0.2) is 15.0 Å². The zero-order valence-corrected chi connectivity index (χ0v) is 13.3. The topological polar surface area (TPSA) is 152 Å². The highest BCUT2D eigenvalue weighted by molar-refractivity contribution is 5.88. The molecule has 3 aromatic heterocycles. The van der Waals surface area contributed by atoms with Gasteiger partial charge in [0.05, 0.1) is 18.6 Å². The minimum Gasteiger partial charge on any atom is -0.394 e. The van der Waals surface area contributed by atoms with Crippen LogP contribution in [0, 0.1) is 0 Å². The van der Waals surface area contributed by atoms with E-state index in [0.29, 0.717) is 29.4 Å². The molecule has 26 heavy (non-hydrogen) atoms. The molecule has 11 heteroatoms. The Morgan fingerprint density at radius 2 is 1.92 bits per heavy atom. The molecule has 0 aliphatic carbocycles. The molecule has 4 heterocycles. The number of aromatic nitrogens is 5. The summed E-state index contributed by atoms with van der Waals surface area (Å²) in [6, 6.07) is 0. The largest absolute Gasteiger partial charge is 0.394 e. The fourth-order valence-electron chi connectivity index (χ4n) is 3.06. The van der Waals surface area contributed by atoms with Crippen molar-refractivity contribution in [3.05, 3.63) is 24.5 Å². The van der Waals surface area contributed by atoms with Gasteiger partial charge < -0.3 is 29.6 Å². The van der Waals surface area contributed by atoms with Crippen molar-refractivity contribution in [3.8, 4) is 0 Å². The third-order valence-electron chi connectivity index (χ3n) is 4.46. The smallest absolute Gasteiger partial charge is 0.168 e. The molecule has 0 aromatic carbocycles. The summed E-state index contributed by atoms with van der Waals surface area (Å²) in [6.07, 6.45) is 0.903. The Bertz CT molecular complexity index is 976. The lowest BCUT2D eigenvalue weighted by molar-refractivity contribution is -0.116. The second-order valence-corrected chi connectivity index (χ2v) is 5.99. The summed E-state index contributed by atoms with van der Waals surface area (Å²) < 4.78 is 8.46. The standard InChI is InChI=1S/C15H15N5O6/c21-2-7(3-22)8-1-19-5-17-13-10(14(19)18-8)16-6-20(13)15-12(25)11(24)9(4-23)26-15/h1-3,5-7,9,11-12,15,23-25H,4H2/t9-,11-,12-,15-/m1/s1. The van der Waals surface area contributed by atoms with Crippen LogP contribution in [0.1, 0.15) is 17.8 Å². The van der Waals surface area contributed by atoms with Crippen LogP contribution in [0.3, 0.4) is 0 Å². The van der Waals surface area contributed by atoms with Crippen molar-refractivity contribution >= 4 is 29.4 Å². The number of aliphatic hydroxyl groups is 3. The van der Waals surface area contributed by atoms with E-state index in [1.54, 1.807) is 0 Å². The molecule has 11 nitrogen and oxygen atoms in total. The number of aliphatic hydroxyl groups excluding tert-OH is 3. The van der Waals surface area contributed by atoms with Crippen molar-refractivity contribution < 1.29 is 29.6 Å². The van der Waals surface area contributed by atoms with E-state index in [2.05, 4.69) is 15.0 Å². The molecule has 136 valence electrons. The molecule has 4 rings (SSSR count). The summed E-state index contributed by atoms with van der Waals surface area (Å²) in [5, 5.41) is 29.3. The lowest BCUT2D eigenvalue weighted by atomic mass is 10.1. The quantitative estimate of drug-likeness (QED) is 0.352. The number of imidazole rings is 2. The molecule has 1 aliphatic heterocycles. The zero-order chi connectivity index (χ0) is 18.4. The fraction of sp³-hybridized carbons (Fsp3) is 0.400. The van der Waals surface area contributed by atoms with Gasteiger partial charge in [-0.15, -0.1) is 0 Å². The van der Waals surface area contributed by atoms with Crippen LogP contribution in [-0.4, -0.2) is 76.7 Å². The van der Waals surface area contributed by atoms with Crippen molar-refractivity contribution in [2.45, 2.75) is 30.5 Å². The highest BCUT2D eigenvalue weighted by atomic mass is 16.6. The van der Waals surface area contributed by atoms with Crippen LogP contribution in [0.4, 0.5) is 0 Å². The van der Waals surface area contributed by atoms with Crippen LogP contribution in [0.2, 0.25) is 0 Å². The Kier molecular flexibility index (Phi) is 4.00. The number of carbonyl (C=O) groups excluding carboxylic acids is 2. The van der Waals surface area contributed by atoms with Gasteiger partial charge in [0.2, 0.25) is 0 Å². The summed E-state index contributed by atoms with van der Waals surface area (Å²) in [4.78, 5) is 34.7. The van der Waals surface area contributed by atoms with Crippen LogP contribution in [0.5, 0.6) is 0 Å². The Labute approximate surface area is 145 Å². The van der Waals surface area contributed by atoms with Gasteiger partial charge in [-0.05, 0) is 0 Å². The first-order valence-corrected chi connectivity index (χ1v) is 7.82. The second-order valence-electron chi connectivity index (χ2n) is 5.99. The van der Waals surface area contributed by atoms with E-state index < -0.39 is 37.1 Å². The average molecular weight is 361 g/mol. The van der Waals surface area contributed by atoms with Gasteiger partial charge in [-0.1, -0.05) is 0 Å². The molecular formula is C15H15N5O6. The number of nitrogens with zero attached hydrogens (tertiary/aromatic N) is 5. The predicted molar refractivity (Wildman–Crippen MR) is 84.2 cm³/mol. The number of ether oxygens (including phenoxy) is 1. The lowest BCUT2D eigenvalue weighted by Crippen LogP contribution is -2.33. The summed E-state index contributed by atoms with van der Waals surface area (Å²) >= 11 is 0. The first-order chi connectivity index (χ1) is 12.6. The van der Waals surface area contributed by atoms with Crippen molar-refractivity contribution in [1.82, 2.24) is 23.9 Å². The SMILES string of the molecule is O=CC(C=O)c1cn2cnc3c(ncn3[C@@H]3O[C@H](CO)[C@@H](O)[C@H]3O)c2n1. The van der Waals surface area contributed by atoms with Gasteiger partial charge in [-0.2, -0.15) is 0 Å². The maximum absolute atomic E-state index is 11.0. The summed E-state index contributed by atoms with van der Waals surface area (Å²) in [6.45, 7) is -0.443. The molecule has 0 amide bonds. The summed E-state index contributed by atoms with van der Waals surface area (Å²) in [7, 11) is 0. The average Bonchev–Trinajstić information content (AvgIpc) is 3.32. The van der Waals surface area contributed by atoms with E-state index in [1.165, 1.54) is 27.8 Å². The number of fused-ring (bicyclic) bond motifs is 3. The number of hydrogen-bond acceptors (Lipinski definition) is 9. The second kappa shape index (κ2) is 6.21. The molecule has 0 saturated carbocycles. The van der Waals surface area contributed by atoms with Gasteiger partial charge in [0.1, 0.15) is 43.1 Å². The number of aldehydes is 2. The first-order valence-electron chi connectivity index (χ1n) is 7.82. The highest BCUT2D eigenvalue weighted by Crippen LogP contribution is 2.31. The van der Waals surface area contributed by atoms with Gasteiger partial charge in [-0.3, -0.25) is 8.97 Å². The minimum atomic E-state index is -1.27. The van der Waals surface area contributed by atoms with Crippen molar-refractivity contribution in [3.63, 3.8) is 0 Å². The van der Waals surface area contributed by atoms with Gasteiger partial charge in [0.25, 0.3) is 0 Å². The van der Waals surface area contributed by atoms with Gasteiger partial charge >= 0.3 is 0 Å². The molecule has 0 spiro atoms. The third-order valence-corrected chi connectivity index (χ3v) is 4.46. The summed E-state index contributed by atoms with van der Waals surface area (Å²) in [5.74, 6) is -0.979. The fourth-order valence-corrected chi connectivity index (χ4v) is 3.06. The van der Waals surface area contributed by atoms with Crippen molar-refractivity contribution in [2.75, 3.05) is 6.61 Å². The van der Waals surface area contributed by atoms with E-state index in [9.17, 15) is 24.9 Å². The molecule has 3 aromatic rings. The molecule has 1 saturated heterocycles. The molecule has 4 atom stereocenters. The Balaban J connectivity index is 1.81. The Morgan fingerprint density at radius 3 is 2.58 bits per heavy atom. The number of rotatable bonds is 5. The normalized spacial score (nSPS) is 26.2. The van der Waals surface area contributed by atoms with Crippen molar-refractivity contribution in [2.24, 2.45) is 0 Å². The van der Waals surface area contributed by atoms with E-state index in [1.807, 2.05) is 0 Å². The molecule has 0 unspecified atom stereocenters. The first kappa shape index (κ1) is 16.7. The highest BCUT2D eigenvalue weighted by Gasteiger charge is 2.44. The number of hydrogen-bond donors (Lipinski definition) is 3. The van der Waals surface area contributed by atoms with Crippen LogP contribution in [0.15, 0.2) is 18.9 Å². The predicted octanol–water partition coefficient (Wildman–Crippen LogP) is -1.83. The number of carbonyl (C=O) groups is 2. The summed E-state index contributed by atoms with van der Waals surface area (Å²) in [5.41, 5.74) is 1.35. The Morgan fingerprint density at radius 1 is 1.15 bits per heavy atom. The van der Waals surface area contributed by atoms with E-state index in [4.69, 9.17) is 4.74 Å².